The average Bonchev–Trinajstić information content (AvgIpc) is 3.23. The van der Waals surface area contributed by atoms with E-state index in [0.29, 0.717) is 31.0 Å². The van der Waals surface area contributed by atoms with E-state index in [1.54, 1.807) is 6.20 Å². The van der Waals surface area contributed by atoms with E-state index in [1.165, 1.54) is 17.7 Å². The van der Waals surface area contributed by atoms with Crippen molar-refractivity contribution in [3.05, 3.63) is 46.3 Å². The largest absolute Gasteiger partial charge is 0.478 e. The molecule has 0 bridgehead atoms. The predicted octanol–water partition coefficient (Wildman–Crippen LogP) is 3.29. The molecule has 2 aromatic heterocycles. The normalized spacial score (nSPS) is 20.8. The first kappa shape index (κ1) is 20.6. The molecule has 0 aliphatic carbocycles. The van der Waals surface area contributed by atoms with Crippen LogP contribution in [0.4, 0.5) is 0 Å². The van der Waals surface area contributed by atoms with Crippen molar-refractivity contribution in [1.82, 2.24) is 20.5 Å². The molecule has 6 nitrogen and oxygen atoms in total. The Morgan fingerprint density at radius 3 is 3.04 bits per heavy atom. The van der Waals surface area contributed by atoms with Crippen molar-refractivity contribution in [1.29, 1.82) is 0 Å². The van der Waals surface area contributed by atoms with Gasteiger partial charge in [-0.25, -0.2) is 4.98 Å². The molecule has 0 saturated carbocycles. The molecule has 3 rings (SSSR count). The van der Waals surface area contributed by atoms with Crippen molar-refractivity contribution in [3.63, 3.8) is 0 Å². The van der Waals surface area contributed by atoms with Crippen LogP contribution >= 0.6 is 11.3 Å². The van der Waals surface area contributed by atoms with Crippen molar-refractivity contribution in [3.8, 4) is 5.88 Å². The number of nitrogens with one attached hydrogen (secondary N) is 2. The molecule has 7 heteroatoms. The molecule has 1 aliphatic rings. The van der Waals surface area contributed by atoms with Gasteiger partial charge in [-0.15, -0.1) is 11.3 Å². The molecule has 2 unspecified atom stereocenters. The third-order valence-electron chi connectivity index (χ3n) is 5.15. The van der Waals surface area contributed by atoms with Gasteiger partial charge in [0.2, 0.25) is 5.88 Å². The van der Waals surface area contributed by atoms with Crippen LogP contribution in [0.2, 0.25) is 0 Å². The smallest absolute Gasteiger partial charge is 0.213 e. The van der Waals surface area contributed by atoms with E-state index >= 15 is 0 Å². The monoisotopic (exact) mass is 401 g/mol. The second-order valence-corrected chi connectivity index (χ2v) is 8.06. The number of aromatic nitrogens is 1. The molecule has 152 valence electrons. The maximum atomic E-state index is 5.48. The summed E-state index contributed by atoms with van der Waals surface area (Å²) in [6.07, 6.45) is 4.26. The summed E-state index contributed by atoms with van der Waals surface area (Å²) in [5.74, 6) is 2.06. The number of likely N-dealkylation sites (tertiary alicyclic amines) is 1. The molecule has 2 atom stereocenters. The van der Waals surface area contributed by atoms with Crippen molar-refractivity contribution in [2.24, 2.45) is 10.9 Å². The lowest BCUT2D eigenvalue weighted by atomic mass is 9.88. The van der Waals surface area contributed by atoms with Gasteiger partial charge in [0, 0.05) is 43.3 Å². The van der Waals surface area contributed by atoms with Crippen LogP contribution < -0.4 is 15.4 Å². The van der Waals surface area contributed by atoms with Gasteiger partial charge in [-0.2, -0.15) is 0 Å². The second-order valence-electron chi connectivity index (χ2n) is 7.09. The van der Waals surface area contributed by atoms with Gasteiger partial charge < -0.3 is 15.4 Å². The molecule has 0 aromatic carbocycles. The number of nitrogens with zero attached hydrogens (tertiary/aromatic N) is 3. The van der Waals surface area contributed by atoms with Gasteiger partial charge in [0.05, 0.1) is 6.61 Å². The highest BCUT2D eigenvalue weighted by Crippen LogP contribution is 2.36. The molecule has 0 amide bonds. The summed E-state index contributed by atoms with van der Waals surface area (Å²) in [6.45, 7) is 5.34. The average molecular weight is 402 g/mol. The van der Waals surface area contributed by atoms with E-state index < -0.39 is 0 Å². The molecule has 3 heterocycles. The van der Waals surface area contributed by atoms with Crippen LogP contribution in [-0.2, 0) is 6.54 Å². The van der Waals surface area contributed by atoms with E-state index in [-0.39, 0.29) is 0 Å². The molecular weight excluding hydrogens is 370 g/mol. The summed E-state index contributed by atoms with van der Waals surface area (Å²) in [5.41, 5.74) is 1.12. The van der Waals surface area contributed by atoms with Gasteiger partial charge in [-0.05, 0) is 62.4 Å². The summed E-state index contributed by atoms with van der Waals surface area (Å²) in [7, 11) is 4.06. The zero-order chi connectivity index (χ0) is 19.8. The highest BCUT2D eigenvalue weighted by atomic mass is 32.1. The van der Waals surface area contributed by atoms with Gasteiger partial charge >= 0.3 is 0 Å². The number of pyridine rings is 1. The third-order valence-corrected chi connectivity index (χ3v) is 6.09. The maximum absolute atomic E-state index is 5.48. The quantitative estimate of drug-likeness (QED) is 0.551. The lowest BCUT2D eigenvalue weighted by Gasteiger charge is -2.39. The minimum absolute atomic E-state index is 0.480. The minimum atomic E-state index is 0.480. The van der Waals surface area contributed by atoms with Crippen molar-refractivity contribution in [2.45, 2.75) is 32.4 Å². The molecular formula is C21H31N5OS. The highest BCUT2D eigenvalue weighted by molar-refractivity contribution is 7.10. The Balaban J connectivity index is 1.55. The first-order chi connectivity index (χ1) is 13.7. The Hall–Kier alpha value is -2.12. The van der Waals surface area contributed by atoms with E-state index in [9.17, 15) is 0 Å². The van der Waals surface area contributed by atoms with Gasteiger partial charge in [0.1, 0.15) is 0 Å². The van der Waals surface area contributed by atoms with Crippen LogP contribution in [0.25, 0.3) is 0 Å². The van der Waals surface area contributed by atoms with Crippen LogP contribution in [0.1, 0.15) is 36.2 Å². The fourth-order valence-corrected chi connectivity index (χ4v) is 4.79. The zero-order valence-corrected chi connectivity index (χ0v) is 17.8. The molecule has 2 N–H and O–H groups in total. The molecule has 1 saturated heterocycles. The number of hydrogen-bond donors (Lipinski definition) is 2. The number of thiophene rings is 1. The van der Waals surface area contributed by atoms with Gasteiger partial charge in [-0.1, -0.05) is 6.07 Å². The van der Waals surface area contributed by atoms with E-state index in [2.05, 4.69) is 50.1 Å². The van der Waals surface area contributed by atoms with Crippen LogP contribution in [0.15, 0.2) is 40.8 Å². The summed E-state index contributed by atoms with van der Waals surface area (Å²) in [4.78, 5) is 12.5. The number of hydrogen-bond acceptors (Lipinski definition) is 5. The Kier molecular flexibility index (Phi) is 7.68. The summed E-state index contributed by atoms with van der Waals surface area (Å²) in [5, 5.41) is 9.11. The van der Waals surface area contributed by atoms with Crippen molar-refractivity contribution >= 4 is 17.3 Å². The molecule has 1 aliphatic heterocycles. The number of guanidine groups is 1. The van der Waals surface area contributed by atoms with Crippen LogP contribution in [0.5, 0.6) is 5.88 Å². The zero-order valence-electron chi connectivity index (χ0n) is 17.0. The molecule has 0 spiro atoms. The van der Waals surface area contributed by atoms with Crippen LogP contribution in [0, 0.1) is 5.92 Å². The summed E-state index contributed by atoms with van der Waals surface area (Å²) >= 11 is 1.86. The minimum Gasteiger partial charge on any atom is -0.478 e. The fraction of sp³-hybridized carbons (Fsp3) is 0.524. The Morgan fingerprint density at radius 2 is 2.29 bits per heavy atom. The predicted molar refractivity (Wildman–Crippen MR) is 116 cm³/mol. The third kappa shape index (κ3) is 5.45. The fourth-order valence-electron chi connectivity index (χ4n) is 3.80. The molecule has 0 radical (unpaired) electrons. The first-order valence-corrected chi connectivity index (χ1v) is 10.8. The summed E-state index contributed by atoms with van der Waals surface area (Å²) < 4.78 is 5.48. The van der Waals surface area contributed by atoms with Crippen molar-refractivity contribution in [2.75, 3.05) is 33.8 Å². The lowest BCUT2D eigenvalue weighted by Crippen LogP contribution is -2.44. The Morgan fingerprint density at radius 1 is 1.39 bits per heavy atom. The highest BCUT2D eigenvalue weighted by Gasteiger charge is 2.31. The molecule has 1 fully saturated rings. The SMILES string of the molecule is CCOc1cc(CNC(=NC)NCC2CCCN(C)C2c2cccs2)ccn1. The van der Waals surface area contributed by atoms with Crippen molar-refractivity contribution < 1.29 is 4.74 Å². The molecule has 2 aromatic rings. The maximum Gasteiger partial charge on any atom is 0.213 e. The van der Waals surface area contributed by atoms with E-state index in [1.807, 2.05) is 37.4 Å². The second kappa shape index (κ2) is 10.4. The van der Waals surface area contributed by atoms with Gasteiger partial charge in [-0.3, -0.25) is 9.89 Å². The lowest BCUT2D eigenvalue weighted by molar-refractivity contribution is 0.125. The topological polar surface area (TPSA) is 61.8 Å². The van der Waals surface area contributed by atoms with E-state index in [0.717, 1.165) is 24.6 Å². The Labute approximate surface area is 172 Å². The first-order valence-electron chi connectivity index (χ1n) is 9.97. The van der Waals surface area contributed by atoms with Crippen LogP contribution in [-0.4, -0.2) is 49.6 Å². The number of aliphatic imine (C=N–C) groups is 1. The molecule has 28 heavy (non-hydrogen) atoms. The standard InChI is InChI=1S/C21H31N5OS/c1-4-27-19-13-16(9-10-23-19)14-24-21(22-2)25-15-17-7-5-11-26(3)20(17)18-8-6-12-28-18/h6,8-10,12-13,17,20H,4-5,7,11,14-15H2,1-3H3,(H2,22,24,25). The number of ether oxygens (including phenoxy) is 1. The Bertz CT molecular complexity index is 749. The van der Waals surface area contributed by atoms with Gasteiger partial charge in [0.25, 0.3) is 0 Å². The number of piperidine rings is 1. The van der Waals surface area contributed by atoms with E-state index in [4.69, 9.17) is 4.74 Å². The van der Waals surface area contributed by atoms with Gasteiger partial charge in [0.15, 0.2) is 5.96 Å². The summed E-state index contributed by atoms with van der Waals surface area (Å²) in [6, 6.07) is 8.85. The number of rotatable bonds is 7. The van der Waals surface area contributed by atoms with Crippen LogP contribution in [0.3, 0.4) is 0 Å².